The number of rotatable bonds is 3. The number of fused-ring (bicyclic) bond motifs is 1. The van der Waals surface area contributed by atoms with Crippen molar-refractivity contribution in [2.75, 3.05) is 10.6 Å². The van der Waals surface area contributed by atoms with E-state index in [1.165, 1.54) is 5.56 Å². The van der Waals surface area contributed by atoms with Gasteiger partial charge in [-0.15, -0.1) is 0 Å². The molecule has 2 aromatic carbocycles. The summed E-state index contributed by atoms with van der Waals surface area (Å²) in [6, 6.07) is 13.2. The Morgan fingerprint density at radius 2 is 1.95 bits per heavy atom. The van der Waals surface area contributed by atoms with Crippen LogP contribution in [0.4, 0.5) is 11.4 Å². The zero-order valence-corrected chi connectivity index (χ0v) is 11.9. The van der Waals surface area contributed by atoms with Crippen molar-refractivity contribution in [2.45, 2.75) is 19.4 Å². The molecule has 3 rings (SSSR count). The summed E-state index contributed by atoms with van der Waals surface area (Å²) in [5, 5.41) is 6.74. The maximum Gasteiger partial charge on any atom is 0.251 e. The van der Waals surface area contributed by atoms with E-state index in [0.29, 0.717) is 5.02 Å². The van der Waals surface area contributed by atoms with E-state index in [4.69, 9.17) is 11.6 Å². The van der Waals surface area contributed by atoms with Crippen LogP contribution < -0.4 is 10.6 Å². The first kappa shape index (κ1) is 13.0. The number of halogens is 1. The molecule has 4 heteroatoms. The van der Waals surface area contributed by atoms with Gasteiger partial charge in [-0.25, -0.2) is 0 Å². The predicted molar refractivity (Wildman–Crippen MR) is 82.3 cm³/mol. The highest BCUT2D eigenvalue weighted by molar-refractivity contribution is 6.31. The zero-order chi connectivity index (χ0) is 14.1. The minimum atomic E-state index is -0.392. The van der Waals surface area contributed by atoms with Crippen LogP contribution in [0.2, 0.25) is 5.02 Å². The maximum absolute atomic E-state index is 12.1. The topological polar surface area (TPSA) is 41.1 Å². The van der Waals surface area contributed by atoms with E-state index in [2.05, 4.69) is 29.7 Å². The molecule has 0 bridgehead atoms. The van der Waals surface area contributed by atoms with Crippen molar-refractivity contribution in [3.05, 3.63) is 58.6 Å². The number of nitrogens with one attached hydrogen (secondary N) is 2. The molecule has 1 aliphatic heterocycles. The van der Waals surface area contributed by atoms with Gasteiger partial charge in [-0.2, -0.15) is 0 Å². The molecule has 0 spiro atoms. The van der Waals surface area contributed by atoms with Crippen molar-refractivity contribution in [1.29, 1.82) is 0 Å². The minimum absolute atomic E-state index is 0.0539. The number of carbonyl (C=O) groups is 1. The van der Waals surface area contributed by atoms with Crippen LogP contribution in [0.25, 0.3) is 0 Å². The molecule has 1 amide bonds. The lowest BCUT2D eigenvalue weighted by Gasteiger charge is -2.13. The van der Waals surface area contributed by atoms with Crippen LogP contribution in [-0.4, -0.2) is 5.91 Å². The fourth-order valence-electron chi connectivity index (χ4n) is 2.38. The Kier molecular flexibility index (Phi) is 3.36. The van der Waals surface area contributed by atoms with Gasteiger partial charge < -0.3 is 10.6 Å². The Morgan fingerprint density at radius 3 is 2.65 bits per heavy atom. The molecule has 0 radical (unpaired) electrons. The summed E-state index contributed by atoms with van der Waals surface area (Å²) in [5.41, 5.74) is 3.91. The van der Waals surface area contributed by atoms with Gasteiger partial charge in [0.1, 0.15) is 6.04 Å². The van der Waals surface area contributed by atoms with Crippen molar-refractivity contribution in [2.24, 2.45) is 0 Å². The quantitative estimate of drug-likeness (QED) is 0.895. The second-order valence-corrected chi connectivity index (χ2v) is 5.29. The van der Waals surface area contributed by atoms with Crippen LogP contribution in [0.3, 0.4) is 0 Å². The average Bonchev–Trinajstić information content (AvgIpc) is 2.76. The van der Waals surface area contributed by atoms with Crippen LogP contribution in [0, 0.1) is 0 Å². The maximum atomic E-state index is 12.1. The van der Waals surface area contributed by atoms with Gasteiger partial charge in [-0.05, 0) is 42.3 Å². The third-order valence-electron chi connectivity index (χ3n) is 3.52. The van der Waals surface area contributed by atoms with Crippen LogP contribution in [0.15, 0.2) is 42.5 Å². The summed E-state index contributed by atoms with van der Waals surface area (Å²) in [7, 11) is 0. The molecule has 0 saturated heterocycles. The monoisotopic (exact) mass is 286 g/mol. The number of benzene rings is 2. The fraction of sp³-hybridized carbons (Fsp3) is 0.188. The first-order valence-corrected chi connectivity index (χ1v) is 7.01. The molecule has 1 heterocycles. The molecule has 20 heavy (non-hydrogen) atoms. The normalized spacial score (nSPS) is 16.7. The largest absolute Gasteiger partial charge is 0.370 e. The lowest BCUT2D eigenvalue weighted by Crippen LogP contribution is -2.19. The number of hydrogen-bond acceptors (Lipinski definition) is 2. The number of amides is 1. The third kappa shape index (κ3) is 2.37. The third-order valence-corrected chi connectivity index (χ3v) is 3.75. The Labute approximate surface area is 123 Å². The van der Waals surface area contributed by atoms with Crippen molar-refractivity contribution >= 4 is 28.9 Å². The summed E-state index contributed by atoms with van der Waals surface area (Å²) < 4.78 is 0. The van der Waals surface area contributed by atoms with E-state index < -0.39 is 6.04 Å². The summed E-state index contributed by atoms with van der Waals surface area (Å²) >= 11 is 6.01. The van der Waals surface area contributed by atoms with Crippen LogP contribution in [0.1, 0.15) is 24.1 Å². The summed E-state index contributed by atoms with van der Waals surface area (Å²) in [6.45, 7) is 2.12. The van der Waals surface area contributed by atoms with E-state index in [-0.39, 0.29) is 5.91 Å². The molecule has 1 unspecified atom stereocenters. The van der Waals surface area contributed by atoms with Gasteiger partial charge >= 0.3 is 0 Å². The highest BCUT2D eigenvalue weighted by Crippen LogP contribution is 2.35. The molecule has 1 aliphatic rings. The first-order chi connectivity index (χ1) is 9.67. The number of hydrogen-bond donors (Lipinski definition) is 2. The molecule has 0 fully saturated rings. The Hall–Kier alpha value is -2.00. The van der Waals surface area contributed by atoms with Crippen molar-refractivity contribution < 1.29 is 4.79 Å². The van der Waals surface area contributed by atoms with Crippen LogP contribution >= 0.6 is 11.6 Å². The van der Waals surface area contributed by atoms with Crippen molar-refractivity contribution in [3.63, 3.8) is 0 Å². The highest BCUT2D eigenvalue weighted by atomic mass is 35.5. The van der Waals surface area contributed by atoms with Gasteiger partial charge in [0.15, 0.2) is 0 Å². The van der Waals surface area contributed by atoms with Crippen molar-refractivity contribution in [3.8, 4) is 0 Å². The van der Waals surface area contributed by atoms with Gasteiger partial charge in [0.05, 0.1) is 0 Å². The average molecular weight is 287 g/mol. The van der Waals surface area contributed by atoms with Gasteiger partial charge in [-0.3, -0.25) is 4.79 Å². The molecule has 0 aromatic heterocycles. The lowest BCUT2D eigenvalue weighted by atomic mass is 10.1. The standard InChI is InChI=1S/C16H15ClN2O/c1-2-10-3-6-12(7-4-10)18-15-13-9-11(17)5-8-14(13)19-16(15)20/h3-9,15,18H,2H2,1H3,(H,19,20). The van der Waals surface area contributed by atoms with Gasteiger partial charge in [0, 0.05) is 22.0 Å². The molecular weight excluding hydrogens is 272 g/mol. The molecule has 3 nitrogen and oxygen atoms in total. The minimum Gasteiger partial charge on any atom is -0.370 e. The van der Waals surface area contributed by atoms with E-state index >= 15 is 0 Å². The Balaban J connectivity index is 1.87. The number of anilines is 2. The van der Waals surface area contributed by atoms with E-state index in [0.717, 1.165) is 23.4 Å². The fourth-order valence-corrected chi connectivity index (χ4v) is 2.56. The molecule has 2 aromatic rings. The summed E-state index contributed by atoms with van der Waals surface area (Å²) in [6.07, 6.45) is 1.00. The van der Waals surface area contributed by atoms with Crippen molar-refractivity contribution in [1.82, 2.24) is 0 Å². The number of aryl methyl sites for hydroxylation is 1. The van der Waals surface area contributed by atoms with E-state index in [9.17, 15) is 4.79 Å². The smallest absolute Gasteiger partial charge is 0.251 e. The number of carbonyl (C=O) groups excluding carboxylic acids is 1. The molecule has 1 atom stereocenters. The van der Waals surface area contributed by atoms with Gasteiger partial charge in [-0.1, -0.05) is 30.7 Å². The van der Waals surface area contributed by atoms with E-state index in [1.54, 1.807) is 6.07 Å². The Morgan fingerprint density at radius 1 is 1.20 bits per heavy atom. The lowest BCUT2D eigenvalue weighted by molar-refractivity contribution is -0.116. The molecule has 0 aliphatic carbocycles. The molecule has 2 N–H and O–H groups in total. The zero-order valence-electron chi connectivity index (χ0n) is 11.1. The second kappa shape index (κ2) is 5.17. The Bertz CT molecular complexity index is 652. The molecular formula is C16H15ClN2O. The van der Waals surface area contributed by atoms with Crippen LogP contribution in [0.5, 0.6) is 0 Å². The summed E-state index contributed by atoms with van der Waals surface area (Å²) in [5.74, 6) is -0.0539. The van der Waals surface area contributed by atoms with E-state index in [1.807, 2.05) is 24.3 Å². The van der Waals surface area contributed by atoms with Gasteiger partial charge in [0.25, 0.3) is 5.91 Å². The van der Waals surface area contributed by atoms with Gasteiger partial charge in [0.2, 0.25) is 0 Å². The van der Waals surface area contributed by atoms with Crippen LogP contribution in [-0.2, 0) is 11.2 Å². The highest BCUT2D eigenvalue weighted by Gasteiger charge is 2.30. The first-order valence-electron chi connectivity index (χ1n) is 6.63. The molecule has 0 saturated carbocycles. The molecule has 102 valence electrons. The second-order valence-electron chi connectivity index (χ2n) is 4.85. The SMILES string of the molecule is CCc1ccc(NC2C(=O)Nc3ccc(Cl)cc32)cc1. The summed E-state index contributed by atoms with van der Waals surface area (Å²) in [4.78, 5) is 12.1. The predicted octanol–water partition coefficient (Wildman–Crippen LogP) is 4.01.